The monoisotopic (exact) mass is 225 g/mol. The smallest absolute Gasteiger partial charge is 0.133 e. The van der Waals surface area contributed by atoms with Gasteiger partial charge in [0.05, 0.1) is 12.3 Å². The molecule has 5 heteroatoms. The summed E-state index contributed by atoms with van der Waals surface area (Å²) in [5.41, 5.74) is 8.11. The molecule has 0 saturated heterocycles. The van der Waals surface area contributed by atoms with Crippen molar-refractivity contribution in [1.82, 2.24) is 9.97 Å². The summed E-state index contributed by atoms with van der Waals surface area (Å²) in [7, 11) is 0. The molecule has 0 aromatic carbocycles. The minimum absolute atomic E-state index is 0.650. The Bertz CT molecular complexity index is 357. The lowest BCUT2D eigenvalue weighted by Gasteiger charge is -2.05. The molecule has 15 heavy (non-hydrogen) atoms. The van der Waals surface area contributed by atoms with E-state index in [-0.39, 0.29) is 0 Å². The Morgan fingerprint density at radius 2 is 2.27 bits per heavy atom. The molecule has 1 aliphatic heterocycles. The molecule has 4 nitrogen and oxygen atoms in total. The Morgan fingerprint density at radius 3 is 3.07 bits per heavy atom. The fourth-order valence-corrected chi connectivity index (χ4v) is 2.60. The summed E-state index contributed by atoms with van der Waals surface area (Å²) in [6.45, 7) is 3.38. The molecule has 0 saturated carbocycles. The van der Waals surface area contributed by atoms with Gasteiger partial charge in [0.15, 0.2) is 0 Å². The van der Waals surface area contributed by atoms with Gasteiger partial charge in [0, 0.05) is 30.1 Å². The zero-order valence-corrected chi connectivity index (χ0v) is 9.64. The van der Waals surface area contributed by atoms with E-state index in [2.05, 4.69) is 9.97 Å². The Labute approximate surface area is 93.6 Å². The maximum absolute atomic E-state index is 5.87. The Morgan fingerprint density at radius 1 is 1.40 bits per heavy atom. The third kappa shape index (κ3) is 2.41. The lowest BCUT2D eigenvalue weighted by atomic mass is 10.2. The maximum atomic E-state index is 5.87. The highest BCUT2D eigenvalue weighted by Gasteiger charge is 2.17. The number of nitrogen functional groups attached to an aromatic ring is 1. The minimum Gasteiger partial charge on any atom is -0.383 e. The van der Waals surface area contributed by atoms with E-state index in [0.29, 0.717) is 12.4 Å². The van der Waals surface area contributed by atoms with Crippen LogP contribution >= 0.6 is 11.8 Å². The van der Waals surface area contributed by atoms with E-state index in [1.807, 2.05) is 18.7 Å². The maximum Gasteiger partial charge on any atom is 0.133 e. The van der Waals surface area contributed by atoms with Gasteiger partial charge in [-0.3, -0.25) is 0 Å². The lowest BCUT2D eigenvalue weighted by Crippen LogP contribution is -2.08. The van der Waals surface area contributed by atoms with Crippen molar-refractivity contribution in [2.24, 2.45) is 0 Å². The molecule has 0 aliphatic carbocycles. The van der Waals surface area contributed by atoms with Gasteiger partial charge in [-0.1, -0.05) is 0 Å². The van der Waals surface area contributed by atoms with Crippen LogP contribution in [-0.4, -0.2) is 23.2 Å². The number of fused-ring (bicyclic) bond motifs is 1. The van der Waals surface area contributed by atoms with Crippen LogP contribution in [0.3, 0.4) is 0 Å². The second kappa shape index (κ2) is 4.81. The predicted molar refractivity (Wildman–Crippen MR) is 61.6 cm³/mol. The molecule has 1 aromatic rings. The highest BCUT2D eigenvalue weighted by Crippen LogP contribution is 2.31. The van der Waals surface area contributed by atoms with Crippen molar-refractivity contribution >= 4 is 17.6 Å². The van der Waals surface area contributed by atoms with Gasteiger partial charge in [-0.25, -0.2) is 9.97 Å². The van der Waals surface area contributed by atoms with Crippen LogP contribution in [0.15, 0.2) is 0 Å². The number of nitrogens with zero attached hydrogens (tertiary/aromatic N) is 2. The van der Waals surface area contributed by atoms with Crippen LogP contribution < -0.4 is 5.73 Å². The second-order valence-corrected chi connectivity index (χ2v) is 4.38. The lowest BCUT2D eigenvalue weighted by molar-refractivity contribution is 0.149. The summed E-state index contributed by atoms with van der Waals surface area (Å²) in [6, 6.07) is 0. The highest BCUT2D eigenvalue weighted by atomic mass is 32.2. The second-order valence-electron chi connectivity index (χ2n) is 3.39. The van der Waals surface area contributed by atoms with Crippen molar-refractivity contribution < 1.29 is 4.74 Å². The summed E-state index contributed by atoms with van der Waals surface area (Å²) < 4.78 is 5.27. The molecule has 0 fully saturated rings. The Hall–Kier alpha value is -0.810. The number of thioether (sulfide) groups is 1. The largest absolute Gasteiger partial charge is 0.383 e. The molecule has 82 valence electrons. The standard InChI is InChI=1S/C10H15N3OS/c1-2-14-4-3-9-12-8-6-15-5-7(8)10(11)13-9/h2-6H2,1H3,(H2,11,12,13). The SMILES string of the molecule is CCOCCc1nc(N)c2c(n1)CSC2. The van der Waals surface area contributed by atoms with Crippen molar-refractivity contribution in [2.45, 2.75) is 24.9 Å². The molecule has 2 N–H and O–H groups in total. The number of hydrogen-bond donors (Lipinski definition) is 1. The third-order valence-corrected chi connectivity index (χ3v) is 3.30. The van der Waals surface area contributed by atoms with Crippen molar-refractivity contribution in [3.63, 3.8) is 0 Å². The first-order valence-corrected chi connectivity index (χ1v) is 6.26. The molecule has 1 aliphatic rings. The van der Waals surface area contributed by atoms with Gasteiger partial charge in [-0.05, 0) is 6.92 Å². The fraction of sp³-hybridized carbons (Fsp3) is 0.600. The number of hydrogen-bond acceptors (Lipinski definition) is 5. The van der Waals surface area contributed by atoms with Crippen molar-refractivity contribution in [3.8, 4) is 0 Å². The van der Waals surface area contributed by atoms with Gasteiger partial charge in [-0.15, -0.1) is 0 Å². The van der Waals surface area contributed by atoms with Gasteiger partial charge in [0.25, 0.3) is 0 Å². The van der Waals surface area contributed by atoms with Crippen LogP contribution in [0.5, 0.6) is 0 Å². The molecule has 0 atom stereocenters. The summed E-state index contributed by atoms with van der Waals surface area (Å²) in [5.74, 6) is 3.37. The average Bonchev–Trinajstić information content (AvgIpc) is 2.66. The molecular weight excluding hydrogens is 210 g/mol. The van der Waals surface area contributed by atoms with Crippen molar-refractivity contribution in [3.05, 3.63) is 17.1 Å². The molecule has 2 heterocycles. The topological polar surface area (TPSA) is 61.0 Å². The van der Waals surface area contributed by atoms with Gasteiger partial charge >= 0.3 is 0 Å². The number of rotatable bonds is 4. The van der Waals surface area contributed by atoms with Crippen LogP contribution in [0, 0.1) is 0 Å². The first kappa shape index (κ1) is 10.7. The van der Waals surface area contributed by atoms with E-state index >= 15 is 0 Å². The van der Waals surface area contributed by atoms with Crippen LogP contribution in [0.2, 0.25) is 0 Å². The van der Waals surface area contributed by atoms with Gasteiger partial charge in [0.2, 0.25) is 0 Å². The average molecular weight is 225 g/mol. The number of ether oxygens (including phenoxy) is 1. The molecular formula is C10H15N3OS. The zero-order valence-electron chi connectivity index (χ0n) is 8.82. The highest BCUT2D eigenvalue weighted by molar-refractivity contribution is 7.98. The summed E-state index contributed by atoms with van der Waals surface area (Å²) in [4.78, 5) is 8.78. The van der Waals surface area contributed by atoms with E-state index < -0.39 is 0 Å². The van der Waals surface area contributed by atoms with Gasteiger partial charge in [0.1, 0.15) is 11.6 Å². The first-order valence-electron chi connectivity index (χ1n) is 5.11. The van der Waals surface area contributed by atoms with Crippen LogP contribution in [0.4, 0.5) is 5.82 Å². The van der Waals surface area contributed by atoms with Gasteiger partial charge < -0.3 is 10.5 Å². The molecule has 0 unspecified atom stereocenters. The van der Waals surface area contributed by atoms with E-state index in [1.165, 1.54) is 0 Å². The van der Waals surface area contributed by atoms with Gasteiger partial charge in [-0.2, -0.15) is 11.8 Å². The van der Waals surface area contributed by atoms with E-state index in [4.69, 9.17) is 10.5 Å². The van der Waals surface area contributed by atoms with Crippen molar-refractivity contribution in [1.29, 1.82) is 0 Å². The van der Waals surface area contributed by atoms with Crippen molar-refractivity contribution in [2.75, 3.05) is 18.9 Å². The van der Waals surface area contributed by atoms with Crippen LogP contribution in [-0.2, 0) is 22.7 Å². The third-order valence-electron chi connectivity index (χ3n) is 2.33. The number of nitrogens with two attached hydrogens (primary N) is 1. The molecule has 0 spiro atoms. The first-order chi connectivity index (χ1) is 7.31. The molecule has 2 rings (SSSR count). The van der Waals surface area contributed by atoms with E-state index in [9.17, 15) is 0 Å². The fourth-order valence-electron chi connectivity index (χ4n) is 1.55. The summed E-state index contributed by atoms with van der Waals surface area (Å²) in [5, 5.41) is 0. The molecule has 0 radical (unpaired) electrons. The molecule has 1 aromatic heterocycles. The predicted octanol–water partition coefficient (Wildman–Crippen LogP) is 1.38. The van der Waals surface area contributed by atoms with Crippen LogP contribution in [0.25, 0.3) is 0 Å². The van der Waals surface area contributed by atoms with Crippen LogP contribution in [0.1, 0.15) is 24.0 Å². The quantitative estimate of drug-likeness (QED) is 0.784. The summed E-state index contributed by atoms with van der Waals surface area (Å²) in [6.07, 6.45) is 0.746. The Balaban J connectivity index is 2.09. The number of aromatic nitrogens is 2. The van der Waals surface area contributed by atoms with E-state index in [0.717, 1.165) is 41.6 Å². The van der Waals surface area contributed by atoms with E-state index in [1.54, 1.807) is 0 Å². The minimum atomic E-state index is 0.650. The molecule has 0 amide bonds. The summed E-state index contributed by atoms with van der Waals surface area (Å²) >= 11 is 1.84. The normalized spacial score (nSPS) is 14.2. The number of anilines is 1. The zero-order chi connectivity index (χ0) is 10.7. The molecule has 0 bridgehead atoms. The Kier molecular flexibility index (Phi) is 3.43.